The second-order valence-electron chi connectivity index (χ2n) is 4.42. The highest BCUT2D eigenvalue weighted by Gasteiger charge is 2.06. The fourth-order valence-electron chi connectivity index (χ4n) is 2.00. The van der Waals surface area contributed by atoms with Crippen LogP contribution in [0, 0.1) is 0 Å². The van der Waals surface area contributed by atoms with Crippen molar-refractivity contribution in [2.24, 2.45) is 0 Å². The van der Waals surface area contributed by atoms with E-state index in [1.54, 1.807) is 18.5 Å². The number of rotatable bonds is 3. The molecule has 0 aliphatic heterocycles. The predicted octanol–water partition coefficient (Wildman–Crippen LogP) is 4.37. The monoisotopic (exact) mass is 303 g/mol. The number of imidazole rings is 1. The van der Waals surface area contributed by atoms with Gasteiger partial charge in [0.25, 0.3) is 0 Å². The van der Waals surface area contributed by atoms with Crippen molar-refractivity contribution in [3.05, 3.63) is 70.4 Å². The van der Waals surface area contributed by atoms with E-state index in [-0.39, 0.29) is 0 Å². The number of H-pyrrole nitrogens is 1. The van der Waals surface area contributed by atoms with Crippen LogP contribution in [0.3, 0.4) is 0 Å². The van der Waals surface area contributed by atoms with Crippen LogP contribution in [0.4, 0.5) is 0 Å². The summed E-state index contributed by atoms with van der Waals surface area (Å²) in [6.07, 6.45) is 6.14. The zero-order valence-electron chi connectivity index (χ0n) is 10.5. The van der Waals surface area contributed by atoms with Crippen LogP contribution in [0.15, 0.2) is 48.9 Å². The van der Waals surface area contributed by atoms with Crippen molar-refractivity contribution in [1.82, 2.24) is 15.0 Å². The number of pyridine rings is 1. The minimum absolute atomic E-state index is 0.603. The molecule has 20 heavy (non-hydrogen) atoms. The number of benzene rings is 1. The number of nitrogens with zero attached hydrogens (tertiary/aromatic N) is 2. The molecule has 2 heterocycles. The first-order valence-corrected chi connectivity index (χ1v) is 6.86. The molecule has 1 aromatic carbocycles. The van der Waals surface area contributed by atoms with Crippen molar-refractivity contribution in [2.75, 3.05) is 0 Å². The Bertz CT molecular complexity index is 703. The number of hydrogen-bond acceptors (Lipinski definition) is 2. The zero-order chi connectivity index (χ0) is 13.9. The first-order valence-electron chi connectivity index (χ1n) is 6.10. The zero-order valence-corrected chi connectivity index (χ0v) is 12.0. The average Bonchev–Trinajstić information content (AvgIpc) is 2.87. The van der Waals surface area contributed by atoms with Gasteiger partial charge in [0, 0.05) is 40.6 Å². The number of nitrogens with one attached hydrogen (secondary N) is 1. The van der Waals surface area contributed by atoms with E-state index in [1.165, 1.54) is 0 Å². The van der Waals surface area contributed by atoms with Crippen LogP contribution in [-0.4, -0.2) is 15.0 Å². The Morgan fingerprint density at radius 1 is 1.00 bits per heavy atom. The number of hydrogen-bond donors (Lipinski definition) is 1. The second kappa shape index (κ2) is 5.65. The lowest BCUT2D eigenvalue weighted by atomic mass is 10.2. The fourth-order valence-corrected chi connectivity index (χ4v) is 2.52. The van der Waals surface area contributed by atoms with E-state index in [0.29, 0.717) is 10.0 Å². The number of halogens is 2. The van der Waals surface area contributed by atoms with Crippen molar-refractivity contribution < 1.29 is 0 Å². The fraction of sp³-hybridized carbons (Fsp3) is 0.0667. The molecule has 0 amide bonds. The molecule has 0 bridgehead atoms. The number of aromatic amines is 1. The van der Waals surface area contributed by atoms with E-state index in [0.717, 1.165) is 29.1 Å². The third-order valence-corrected chi connectivity index (χ3v) is 3.35. The van der Waals surface area contributed by atoms with E-state index in [9.17, 15) is 0 Å². The molecule has 0 radical (unpaired) electrons. The third-order valence-electron chi connectivity index (χ3n) is 2.91. The highest BCUT2D eigenvalue weighted by atomic mass is 35.5. The van der Waals surface area contributed by atoms with Crippen LogP contribution < -0.4 is 0 Å². The normalized spacial score (nSPS) is 10.7. The standard InChI is InChI=1S/C15H11Cl2N3/c16-12-6-11(7-13(17)8-12)14-9-19-15(20-14)5-10-1-3-18-4-2-10/h1-4,6-9H,5H2,(H,19,20). The summed E-state index contributed by atoms with van der Waals surface area (Å²) in [6, 6.07) is 9.34. The predicted molar refractivity (Wildman–Crippen MR) is 81.1 cm³/mol. The maximum absolute atomic E-state index is 6.01. The molecule has 0 aliphatic carbocycles. The van der Waals surface area contributed by atoms with E-state index in [1.807, 2.05) is 30.5 Å². The lowest BCUT2D eigenvalue weighted by molar-refractivity contribution is 1.02. The minimum atomic E-state index is 0.603. The summed E-state index contributed by atoms with van der Waals surface area (Å²) in [6.45, 7) is 0. The summed E-state index contributed by atoms with van der Waals surface area (Å²) < 4.78 is 0. The van der Waals surface area contributed by atoms with Gasteiger partial charge in [0.15, 0.2) is 0 Å². The Kier molecular flexibility index (Phi) is 3.72. The van der Waals surface area contributed by atoms with Gasteiger partial charge in [-0.2, -0.15) is 0 Å². The Morgan fingerprint density at radius 3 is 2.40 bits per heavy atom. The van der Waals surface area contributed by atoms with Gasteiger partial charge in [0.05, 0.1) is 5.69 Å². The molecular formula is C15H11Cl2N3. The highest BCUT2D eigenvalue weighted by Crippen LogP contribution is 2.26. The third kappa shape index (κ3) is 3.00. The summed E-state index contributed by atoms with van der Waals surface area (Å²) in [5, 5.41) is 1.21. The lowest BCUT2D eigenvalue weighted by Crippen LogP contribution is -1.90. The summed E-state index contributed by atoms with van der Waals surface area (Å²) in [7, 11) is 0. The second-order valence-corrected chi connectivity index (χ2v) is 5.30. The number of aromatic nitrogens is 3. The molecule has 0 spiro atoms. The van der Waals surface area contributed by atoms with Crippen LogP contribution in [0.25, 0.3) is 11.3 Å². The molecule has 5 heteroatoms. The van der Waals surface area contributed by atoms with Gasteiger partial charge in [-0.3, -0.25) is 4.98 Å². The van der Waals surface area contributed by atoms with Crippen molar-refractivity contribution in [2.45, 2.75) is 6.42 Å². The molecule has 0 aliphatic rings. The summed E-state index contributed by atoms with van der Waals surface area (Å²) in [5.41, 5.74) is 2.89. The van der Waals surface area contributed by atoms with Crippen molar-refractivity contribution in [1.29, 1.82) is 0 Å². The van der Waals surface area contributed by atoms with Gasteiger partial charge in [-0.05, 0) is 35.9 Å². The van der Waals surface area contributed by atoms with Crippen molar-refractivity contribution >= 4 is 23.2 Å². The molecule has 3 rings (SSSR count). The van der Waals surface area contributed by atoms with Crippen molar-refractivity contribution in [3.63, 3.8) is 0 Å². The van der Waals surface area contributed by atoms with Gasteiger partial charge in [-0.25, -0.2) is 4.98 Å². The quantitative estimate of drug-likeness (QED) is 0.780. The smallest absolute Gasteiger partial charge is 0.111 e. The molecule has 2 aromatic heterocycles. The molecular weight excluding hydrogens is 293 g/mol. The Hall–Kier alpha value is -1.84. The minimum Gasteiger partial charge on any atom is -0.348 e. The molecule has 3 aromatic rings. The van der Waals surface area contributed by atoms with Gasteiger partial charge in [0.2, 0.25) is 0 Å². The van der Waals surface area contributed by atoms with E-state index < -0.39 is 0 Å². The van der Waals surface area contributed by atoms with Crippen LogP contribution in [0.2, 0.25) is 10.0 Å². The molecule has 3 nitrogen and oxygen atoms in total. The summed E-state index contributed by atoms with van der Waals surface area (Å²) in [5.74, 6) is 0.891. The average molecular weight is 304 g/mol. The van der Waals surface area contributed by atoms with E-state index in [4.69, 9.17) is 23.2 Å². The molecule has 0 atom stereocenters. The van der Waals surface area contributed by atoms with Crippen LogP contribution in [0.5, 0.6) is 0 Å². The summed E-state index contributed by atoms with van der Waals surface area (Å²) >= 11 is 12.0. The van der Waals surface area contributed by atoms with Crippen molar-refractivity contribution in [3.8, 4) is 11.3 Å². The van der Waals surface area contributed by atoms with Gasteiger partial charge in [-0.1, -0.05) is 23.2 Å². The summed E-state index contributed by atoms with van der Waals surface area (Å²) in [4.78, 5) is 11.7. The van der Waals surface area contributed by atoms with Gasteiger partial charge < -0.3 is 4.98 Å². The SMILES string of the molecule is Clc1cc(Cl)cc(-c2c[nH]c(Cc3ccncc3)n2)c1. The lowest BCUT2D eigenvalue weighted by Gasteiger charge is -1.99. The molecule has 0 saturated carbocycles. The highest BCUT2D eigenvalue weighted by molar-refractivity contribution is 6.35. The van der Waals surface area contributed by atoms with Crippen LogP contribution in [-0.2, 0) is 6.42 Å². The van der Waals surface area contributed by atoms with Gasteiger partial charge >= 0.3 is 0 Å². The Balaban J connectivity index is 1.86. The first-order chi connectivity index (χ1) is 9.70. The Labute approximate surface area is 126 Å². The molecule has 0 fully saturated rings. The first kappa shape index (κ1) is 13.2. The molecule has 0 saturated heterocycles. The maximum atomic E-state index is 6.01. The van der Waals surface area contributed by atoms with Crippen LogP contribution in [0.1, 0.15) is 11.4 Å². The molecule has 1 N–H and O–H groups in total. The van der Waals surface area contributed by atoms with Gasteiger partial charge in [-0.15, -0.1) is 0 Å². The topological polar surface area (TPSA) is 41.6 Å². The largest absolute Gasteiger partial charge is 0.348 e. The van der Waals surface area contributed by atoms with Crippen LogP contribution >= 0.6 is 23.2 Å². The Morgan fingerprint density at radius 2 is 1.70 bits per heavy atom. The van der Waals surface area contributed by atoms with E-state index in [2.05, 4.69) is 15.0 Å². The molecule has 100 valence electrons. The van der Waals surface area contributed by atoms with E-state index >= 15 is 0 Å². The maximum Gasteiger partial charge on any atom is 0.111 e. The molecule has 0 unspecified atom stereocenters. The van der Waals surface area contributed by atoms with Gasteiger partial charge in [0.1, 0.15) is 5.82 Å².